The molecular formula is C30H31F3N6O4. The number of aromatic amines is 1. The second-order valence-electron chi connectivity index (χ2n) is 11.6. The van der Waals surface area contributed by atoms with E-state index in [0.29, 0.717) is 11.8 Å². The molecule has 43 heavy (non-hydrogen) atoms. The van der Waals surface area contributed by atoms with E-state index in [0.717, 1.165) is 16.5 Å². The minimum Gasteiger partial charge on any atom is -0.368 e. The molecule has 2 aromatic carbocycles. The molecular weight excluding hydrogens is 565 g/mol. The smallest absolute Gasteiger partial charge is 0.270 e. The molecule has 3 atom stereocenters. The van der Waals surface area contributed by atoms with E-state index in [-0.39, 0.29) is 42.8 Å². The summed E-state index contributed by atoms with van der Waals surface area (Å²) in [5, 5.41) is 3.88. The summed E-state index contributed by atoms with van der Waals surface area (Å²) < 4.78 is 42.4. The van der Waals surface area contributed by atoms with Gasteiger partial charge in [0.15, 0.2) is 11.6 Å². The van der Waals surface area contributed by atoms with Crippen LogP contribution in [0.4, 0.5) is 13.2 Å². The van der Waals surface area contributed by atoms with Gasteiger partial charge in [-0.1, -0.05) is 44.2 Å². The molecule has 2 aliphatic heterocycles. The number of halogens is 3. The average Bonchev–Trinajstić information content (AvgIpc) is 3.60. The van der Waals surface area contributed by atoms with E-state index in [1.165, 1.54) is 11.9 Å². The second-order valence-corrected chi connectivity index (χ2v) is 11.6. The molecule has 1 spiro atoms. The molecule has 1 unspecified atom stereocenters. The van der Waals surface area contributed by atoms with Gasteiger partial charge >= 0.3 is 0 Å². The van der Waals surface area contributed by atoms with Gasteiger partial charge in [-0.25, -0.2) is 18.6 Å². The van der Waals surface area contributed by atoms with E-state index in [9.17, 15) is 32.3 Å². The summed E-state index contributed by atoms with van der Waals surface area (Å²) in [5.74, 6) is -6.57. The molecule has 4 amide bonds. The van der Waals surface area contributed by atoms with Crippen LogP contribution in [0.3, 0.4) is 0 Å². The maximum absolute atomic E-state index is 14.3. The summed E-state index contributed by atoms with van der Waals surface area (Å²) in [6.45, 7) is 3.53. The maximum Gasteiger partial charge on any atom is 0.270 e. The van der Waals surface area contributed by atoms with E-state index in [4.69, 9.17) is 5.73 Å². The van der Waals surface area contributed by atoms with Crippen LogP contribution in [0.5, 0.6) is 0 Å². The van der Waals surface area contributed by atoms with E-state index in [2.05, 4.69) is 15.5 Å². The molecule has 3 aromatic rings. The quantitative estimate of drug-likeness (QED) is 0.361. The first kappa shape index (κ1) is 29.8. The Bertz CT molecular complexity index is 1660. The fraction of sp³-hybridized carbons (Fsp3) is 0.367. The number of carbonyl (C=O) groups is 4. The van der Waals surface area contributed by atoms with Crippen LogP contribution >= 0.6 is 0 Å². The number of fused-ring (bicyclic) bond motifs is 1. The predicted molar refractivity (Wildman–Crippen MR) is 151 cm³/mol. The van der Waals surface area contributed by atoms with Crippen LogP contribution in [0.2, 0.25) is 0 Å². The molecule has 10 nitrogen and oxygen atoms in total. The van der Waals surface area contributed by atoms with Crippen molar-refractivity contribution in [1.29, 1.82) is 0 Å². The molecule has 0 aliphatic carbocycles. The summed E-state index contributed by atoms with van der Waals surface area (Å²) >= 11 is 0. The largest absolute Gasteiger partial charge is 0.368 e. The number of aromatic nitrogens is 1. The maximum atomic E-state index is 14.3. The molecule has 3 heterocycles. The lowest BCUT2D eigenvalue weighted by atomic mass is 9.77. The second kappa shape index (κ2) is 11.2. The first-order valence-corrected chi connectivity index (χ1v) is 13.8. The fourth-order valence-corrected chi connectivity index (χ4v) is 5.93. The van der Waals surface area contributed by atoms with Gasteiger partial charge in [0.05, 0.1) is 16.6 Å². The highest BCUT2D eigenvalue weighted by Gasteiger charge is 2.55. The third-order valence-electron chi connectivity index (χ3n) is 8.19. The normalized spacial score (nSPS) is 20.8. The zero-order chi connectivity index (χ0) is 31.2. The minimum atomic E-state index is -1.42. The van der Waals surface area contributed by atoms with Crippen molar-refractivity contribution in [1.82, 2.24) is 20.2 Å². The molecule has 1 aromatic heterocycles. The van der Waals surface area contributed by atoms with Crippen molar-refractivity contribution >= 4 is 40.2 Å². The molecule has 4 N–H and O–H groups in total. The van der Waals surface area contributed by atoms with Crippen LogP contribution in [-0.2, 0) is 14.4 Å². The summed E-state index contributed by atoms with van der Waals surface area (Å²) in [6, 6.07) is 8.34. The zero-order valence-corrected chi connectivity index (χ0v) is 23.8. The highest BCUT2D eigenvalue weighted by Crippen LogP contribution is 2.42. The van der Waals surface area contributed by atoms with Gasteiger partial charge in [0.25, 0.3) is 5.91 Å². The van der Waals surface area contributed by atoms with Gasteiger partial charge in [-0.05, 0) is 30.4 Å². The Morgan fingerprint density at radius 1 is 1.14 bits per heavy atom. The SMILES string of the molecule is CC(C)CC(C(=O)N1C[C@]2(CC(c3ccccc3)=NNC2=O)C[C@H]1C(N)=O)N(C)C(=O)c1cc2c(F)cc(F)c(F)c2[nH]1. The summed E-state index contributed by atoms with van der Waals surface area (Å²) in [7, 11) is 1.35. The average molecular weight is 597 g/mol. The van der Waals surface area contributed by atoms with Crippen LogP contribution in [0.15, 0.2) is 47.6 Å². The Labute approximate surface area is 245 Å². The van der Waals surface area contributed by atoms with Crippen LogP contribution in [-0.4, -0.2) is 69.8 Å². The number of hydrogen-bond donors (Lipinski definition) is 3. The Morgan fingerprint density at radius 2 is 1.84 bits per heavy atom. The van der Waals surface area contributed by atoms with Gasteiger partial charge in [-0.2, -0.15) is 5.10 Å². The lowest BCUT2D eigenvalue weighted by Gasteiger charge is -2.34. The Kier molecular flexibility index (Phi) is 7.76. The Balaban J connectivity index is 1.46. The van der Waals surface area contributed by atoms with Crippen molar-refractivity contribution in [2.45, 2.75) is 45.2 Å². The lowest BCUT2D eigenvalue weighted by Crippen LogP contribution is -2.54. The monoisotopic (exact) mass is 596 g/mol. The molecule has 13 heteroatoms. The third kappa shape index (κ3) is 5.35. The minimum absolute atomic E-state index is 0.0377. The number of H-pyrrole nitrogens is 1. The lowest BCUT2D eigenvalue weighted by molar-refractivity contribution is -0.141. The number of nitrogens with zero attached hydrogens (tertiary/aromatic N) is 3. The number of carbonyl (C=O) groups excluding carboxylic acids is 4. The first-order valence-electron chi connectivity index (χ1n) is 13.8. The summed E-state index contributed by atoms with van der Waals surface area (Å²) in [5.41, 5.74) is 7.66. The molecule has 0 radical (unpaired) electrons. The Morgan fingerprint density at radius 3 is 2.49 bits per heavy atom. The highest BCUT2D eigenvalue weighted by molar-refractivity contribution is 6.07. The van der Waals surface area contributed by atoms with Crippen molar-refractivity contribution in [2.24, 2.45) is 22.2 Å². The van der Waals surface area contributed by atoms with Crippen LogP contribution in [0, 0.1) is 28.8 Å². The number of likely N-dealkylation sites (tertiary alicyclic amines) is 1. The molecule has 1 fully saturated rings. The van der Waals surface area contributed by atoms with Gasteiger partial charge < -0.3 is 20.5 Å². The topological polar surface area (TPSA) is 141 Å². The van der Waals surface area contributed by atoms with Crippen LogP contribution < -0.4 is 11.2 Å². The van der Waals surface area contributed by atoms with Gasteiger partial charge in [0.1, 0.15) is 23.6 Å². The number of hydrogen-bond acceptors (Lipinski definition) is 5. The predicted octanol–water partition coefficient (Wildman–Crippen LogP) is 3.07. The van der Waals surface area contributed by atoms with Crippen molar-refractivity contribution in [2.75, 3.05) is 13.6 Å². The number of benzene rings is 2. The number of hydrazone groups is 1. The standard InChI is InChI=1S/C30H31F3N6O4/c1-15(2)9-22(38(3)27(41)20-10-17-18(31)11-19(32)24(33)25(17)35-20)28(42)39-14-30(13-23(39)26(34)40)12-21(36-37-29(30)43)16-7-5-4-6-8-16/h4-8,10-11,15,22-23,35H,9,12-14H2,1-3H3,(H2,34,40)(H,37,43)/t22?,23-,30-/m0/s1. The third-order valence-corrected chi connectivity index (χ3v) is 8.19. The van der Waals surface area contributed by atoms with Gasteiger partial charge in [-0.15, -0.1) is 0 Å². The molecule has 1 saturated heterocycles. The fourth-order valence-electron chi connectivity index (χ4n) is 5.93. The van der Waals surface area contributed by atoms with Gasteiger partial charge in [0, 0.05) is 31.5 Å². The van der Waals surface area contributed by atoms with Crippen LogP contribution in [0.1, 0.15) is 49.2 Å². The molecule has 0 bridgehead atoms. The van der Waals surface area contributed by atoms with Gasteiger partial charge in [0.2, 0.25) is 17.7 Å². The van der Waals surface area contributed by atoms with Crippen molar-refractivity contribution in [3.8, 4) is 0 Å². The van der Waals surface area contributed by atoms with Crippen molar-refractivity contribution < 1.29 is 32.3 Å². The number of nitrogens with two attached hydrogens (primary N) is 1. The number of likely N-dealkylation sites (N-methyl/N-ethyl adjacent to an activating group) is 1. The molecule has 2 aliphatic rings. The summed E-state index contributed by atoms with van der Waals surface area (Å²) in [6.07, 6.45) is 0.281. The van der Waals surface area contributed by atoms with E-state index in [1.807, 2.05) is 44.2 Å². The number of nitrogens with one attached hydrogen (secondary N) is 2. The van der Waals surface area contributed by atoms with E-state index >= 15 is 0 Å². The van der Waals surface area contributed by atoms with Gasteiger partial charge in [-0.3, -0.25) is 19.2 Å². The molecule has 0 saturated carbocycles. The Hall–Kier alpha value is -4.68. The highest BCUT2D eigenvalue weighted by atomic mass is 19.2. The number of primary amides is 1. The van der Waals surface area contributed by atoms with Crippen molar-refractivity contribution in [3.05, 3.63) is 71.2 Å². The number of amides is 4. The molecule has 5 rings (SSSR count). The van der Waals surface area contributed by atoms with E-state index in [1.54, 1.807) is 0 Å². The summed E-state index contributed by atoms with van der Waals surface area (Å²) in [4.78, 5) is 58.3. The molecule has 226 valence electrons. The first-order chi connectivity index (χ1) is 20.3. The van der Waals surface area contributed by atoms with Crippen LogP contribution in [0.25, 0.3) is 10.9 Å². The zero-order valence-electron chi connectivity index (χ0n) is 23.8. The van der Waals surface area contributed by atoms with Crippen molar-refractivity contribution in [3.63, 3.8) is 0 Å². The number of rotatable bonds is 7. The van der Waals surface area contributed by atoms with E-state index < -0.39 is 64.1 Å².